The number of aliphatic hydroxyl groups excluding tert-OH is 1. The lowest BCUT2D eigenvalue weighted by Gasteiger charge is -2.32. The van der Waals surface area contributed by atoms with Crippen LogP contribution in [0.1, 0.15) is 59.0 Å². The lowest BCUT2D eigenvalue weighted by atomic mass is 9.91. The van der Waals surface area contributed by atoms with Crippen molar-refractivity contribution in [2.45, 2.75) is 46.3 Å². The van der Waals surface area contributed by atoms with Gasteiger partial charge in [-0.3, -0.25) is 9.59 Å². The van der Waals surface area contributed by atoms with E-state index in [0.29, 0.717) is 16.3 Å². The van der Waals surface area contributed by atoms with Crippen LogP contribution in [-0.4, -0.2) is 47.3 Å². The van der Waals surface area contributed by atoms with E-state index in [-0.39, 0.29) is 18.8 Å². The molecule has 1 aliphatic heterocycles. The maximum Gasteiger partial charge on any atom is 0.338 e. The van der Waals surface area contributed by atoms with Gasteiger partial charge in [-0.25, -0.2) is 9.18 Å². The molecule has 1 aliphatic rings. The molecule has 2 atom stereocenters. The second kappa shape index (κ2) is 12.0. The number of benzene rings is 3. The van der Waals surface area contributed by atoms with Crippen molar-refractivity contribution >= 4 is 40.8 Å². The SMILES string of the molecule is Cc1cccc([C@@H]2O[C@H](CC(=O)Nc3ccc(F)c(C(=O)O)c3)C(=O)N(CC(C)(C)CO)c3ccc(Cl)cc32)c1C. The van der Waals surface area contributed by atoms with Gasteiger partial charge in [-0.15, -0.1) is 0 Å². The number of hydrogen-bond donors (Lipinski definition) is 3. The number of rotatable bonds is 8. The highest BCUT2D eigenvalue weighted by atomic mass is 35.5. The van der Waals surface area contributed by atoms with Gasteiger partial charge in [0.05, 0.1) is 12.0 Å². The Morgan fingerprint density at radius 1 is 1.10 bits per heavy atom. The van der Waals surface area contributed by atoms with E-state index in [1.807, 2.05) is 45.9 Å². The minimum Gasteiger partial charge on any atom is -0.478 e. The third kappa shape index (κ3) is 6.59. The van der Waals surface area contributed by atoms with Crippen molar-refractivity contribution in [1.82, 2.24) is 0 Å². The Bertz CT molecular complexity index is 1510. The summed E-state index contributed by atoms with van der Waals surface area (Å²) >= 11 is 6.42. The zero-order valence-electron chi connectivity index (χ0n) is 23.2. The van der Waals surface area contributed by atoms with Crippen molar-refractivity contribution in [2.24, 2.45) is 5.41 Å². The first-order chi connectivity index (χ1) is 19.3. The van der Waals surface area contributed by atoms with E-state index in [9.17, 15) is 29.0 Å². The van der Waals surface area contributed by atoms with Crippen molar-refractivity contribution in [1.29, 1.82) is 0 Å². The highest BCUT2D eigenvalue weighted by Crippen LogP contribution is 2.42. The fourth-order valence-electron chi connectivity index (χ4n) is 4.79. The molecule has 0 saturated carbocycles. The van der Waals surface area contributed by atoms with Gasteiger partial charge >= 0.3 is 5.97 Å². The molecule has 216 valence electrons. The maximum absolute atomic E-state index is 14.1. The number of halogens is 2. The van der Waals surface area contributed by atoms with Gasteiger partial charge in [0.15, 0.2) is 0 Å². The van der Waals surface area contributed by atoms with E-state index in [0.717, 1.165) is 28.8 Å². The van der Waals surface area contributed by atoms with E-state index in [1.165, 1.54) is 11.0 Å². The largest absolute Gasteiger partial charge is 0.478 e. The minimum atomic E-state index is -1.48. The van der Waals surface area contributed by atoms with Crippen molar-refractivity contribution in [2.75, 3.05) is 23.4 Å². The molecule has 0 aromatic heterocycles. The van der Waals surface area contributed by atoms with Crippen LogP contribution in [0.5, 0.6) is 0 Å². The fourth-order valence-corrected chi connectivity index (χ4v) is 4.97. The van der Waals surface area contributed by atoms with Crippen LogP contribution in [0.2, 0.25) is 5.02 Å². The summed E-state index contributed by atoms with van der Waals surface area (Å²) in [4.78, 5) is 40.1. The molecule has 2 amide bonds. The quantitative estimate of drug-likeness (QED) is 0.315. The van der Waals surface area contributed by atoms with Gasteiger partial charge in [-0.2, -0.15) is 0 Å². The summed E-state index contributed by atoms with van der Waals surface area (Å²) in [5, 5.41) is 22.2. The number of amides is 2. The van der Waals surface area contributed by atoms with Gasteiger partial charge in [0.2, 0.25) is 5.91 Å². The Hall–Kier alpha value is -3.79. The van der Waals surface area contributed by atoms with Crippen LogP contribution in [0.3, 0.4) is 0 Å². The third-order valence-corrected chi connectivity index (χ3v) is 7.43. The Labute approximate surface area is 242 Å². The van der Waals surface area contributed by atoms with Crippen LogP contribution in [0.15, 0.2) is 54.6 Å². The van der Waals surface area contributed by atoms with E-state index in [1.54, 1.807) is 18.2 Å². The Kier molecular flexibility index (Phi) is 8.82. The number of hydrogen-bond acceptors (Lipinski definition) is 5. The molecule has 41 heavy (non-hydrogen) atoms. The van der Waals surface area contributed by atoms with Crippen molar-refractivity contribution in [3.63, 3.8) is 0 Å². The summed E-state index contributed by atoms with van der Waals surface area (Å²) in [6, 6.07) is 14.1. The molecule has 3 aromatic rings. The molecule has 0 bridgehead atoms. The van der Waals surface area contributed by atoms with E-state index >= 15 is 0 Å². The van der Waals surface area contributed by atoms with Crippen LogP contribution >= 0.6 is 11.6 Å². The molecule has 0 fully saturated rings. The number of ether oxygens (including phenoxy) is 1. The predicted molar refractivity (Wildman–Crippen MR) is 154 cm³/mol. The number of aromatic carboxylic acids is 1. The number of carbonyl (C=O) groups excluding carboxylic acids is 2. The van der Waals surface area contributed by atoms with Gasteiger partial charge in [0, 0.05) is 40.5 Å². The maximum atomic E-state index is 14.1. The smallest absolute Gasteiger partial charge is 0.338 e. The predicted octanol–water partition coefficient (Wildman–Crippen LogP) is 5.66. The number of fused-ring (bicyclic) bond motifs is 1. The zero-order valence-corrected chi connectivity index (χ0v) is 24.0. The average Bonchev–Trinajstić information content (AvgIpc) is 3.01. The number of aliphatic hydroxyl groups is 1. The van der Waals surface area contributed by atoms with Gasteiger partial charge in [0.1, 0.15) is 18.0 Å². The number of nitrogens with one attached hydrogen (secondary N) is 1. The first-order valence-electron chi connectivity index (χ1n) is 13.1. The van der Waals surface area contributed by atoms with E-state index in [2.05, 4.69) is 5.32 Å². The lowest BCUT2D eigenvalue weighted by molar-refractivity contribution is -0.136. The highest BCUT2D eigenvalue weighted by molar-refractivity contribution is 6.30. The Morgan fingerprint density at radius 2 is 1.83 bits per heavy atom. The topological polar surface area (TPSA) is 116 Å². The summed E-state index contributed by atoms with van der Waals surface area (Å²) in [5.74, 6) is -3.52. The van der Waals surface area contributed by atoms with Crippen LogP contribution < -0.4 is 10.2 Å². The normalized spacial score (nSPS) is 17.1. The van der Waals surface area contributed by atoms with Crippen LogP contribution in [0.4, 0.5) is 15.8 Å². The van der Waals surface area contributed by atoms with Gasteiger partial charge in [0.25, 0.3) is 5.91 Å². The number of carboxylic acid groups (broad SMARTS) is 1. The number of anilines is 2. The first kappa shape index (κ1) is 30.2. The molecular weight excluding hydrogens is 551 g/mol. The van der Waals surface area contributed by atoms with Gasteiger partial charge in [-0.05, 0) is 66.9 Å². The van der Waals surface area contributed by atoms with Crippen molar-refractivity contribution < 1.29 is 33.7 Å². The zero-order chi connectivity index (χ0) is 30.1. The van der Waals surface area contributed by atoms with Crippen LogP contribution in [0, 0.1) is 25.1 Å². The molecule has 0 radical (unpaired) electrons. The Balaban J connectivity index is 1.77. The molecule has 10 heteroatoms. The van der Waals surface area contributed by atoms with Gasteiger partial charge < -0.3 is 25.2 Å². The third-order valence-electron chi connectivity index (χ3n) is 7.20. The second-order valence-corrected chi connectivity index (χ2v) is 11.4. The molecule has 3 N–H and O–H groups in total. The molecule has 4 rings (SSSR count). The summed E-state index contributed by atoms with van der Waals surface area (Å²) in [6.45, 7) is 7.50. The summed E-state index contributed by atoms with van der Waals surface area (Å²) in [5.41, 5.74) is 2.76. The molecular formula is C31H32ClFN2O6. The molecule has 0 aliphatic carbocycles. The van der Waals surface area contributed by atoms with Crippen molar-refractivity contribution in [3.05, 3.63) is 93.3 Å². The monoisotopic (exact) mass is 582 g/mol. The van der Waals surface area contributed by atoms with E-state index < -0.39 is 53.2 Å². The number of carboxylic acids is 1. The average molecular weight is 583 g/mol. The highest BCUT2D eigenvalue weighted by Gasteiger charge is 2.40. The van der Waals surface area contributed by atoms with Crippen molar-refractivity contribution in [3.8, 4) is 0 Å². The van der Waals surface area contributed by atoms with Crippen LogP contribution in [0.25, 0.3) is 0 Å². The standard InChI is InChI=1S/C31H32ClFN2O6/c1-17-6-5-7-21(18(17)2)28-23-12-19(32)8-11-25(23)35(15-31(3,4)16-36)29(38)26(41-28)14-27(37)34-20-9-10-24(33)22(13-20)30(39)40/h5-13,26,28,36H,14-16H2,1-4H3,(H,34,37)(H,39,40)/t26-,28+/m1/s1. The van der Waals surface area contributed by atoms with E-state index in [4.69, 9.17) is 16.3 Å². The molecule has 8 nitrogen and oxygen atoms in total. The summed E-state index contributed by atoms with van der Waals surface area (Å²) in [6.07, 6.45) is -2.41. The van der Waals surface area contributed by atoms with Gasteiger partial charge in [-0.1, -0.05) is 43.6 Å². The molecule has 0 unspecified atom stereocenters. The van der Waals surface area contributed by atoms with Crippen LogP contribution in [-0.2, 0) is 14.3 Å². The molecule has 1 heterocycles. The minimum absolute atomic E-state index is 0.0642. The fraction of sp³-hybridized carbons (Fsp3) is 0.323. The Morgan fingerprint density at radius 3 is 2.51 bits per heavy atom. The molecule has 0 saturated heterocycles. The summed E-state index contributed by atoms with van der Waals surface area (Å²) in [7, 11) is 0. The second-order valence-electron chi connectivity index (χ2n) is 11.0. The number of nitrogens with zero attached hydrogens (tertiary/aromatic N) is 1. The number of carbonyl (C=O) groups is 3. The molecule has 0 spiro atoms. The lowest BCUT2D eigenvalue weighted by Crippen LogP contribution is -2.46. The summed E-state index contributed by atoms with van der Waals surface area (Å²) < 4.78 is 20.3. The number of aryl methyl sites for hydroxylation is 1. The molecule has 3 aromatic carbocycles. The first-order valence-corrected chi connectivity index (χ1v) is 13.4.